The Hall–Kier alpha value is -3.17. The van der Waals surface area contributed by atoms with Crippen molar-refractivity contribution in [2.45, 2.75) is 18.5 Å². The molecule has 0 aromatic heterocycles. The number of non-ortho nitro benzene ring substituents is 1. The van der Waals surface area contributed by atoms with Gasteiger partial charge in [-0.3, -0.25) is 19.7 Å². The molecule has 3 aliphatic rings. The van der Waals surface area contributed by atoms with Gasteiger partial charge in [0.15, 0.2) is 0 Å². The van der Waals surface area contributed by atoms with E-state index in [1.807, 2.05) is 10.0 Å². The summed E-state index contributed by atoms with van der Waals surface area (Å²) >= 11 is 0. The normalized spacial score (nSPS) is 26.8. The zero-order valence-electron chi connectivity index (χ0n) is 15.3. The number of halogens is 1. The number of carbonyl (C=O) groups excluding carboxylic acids is 2. The number of nitro groups is 1. The Bertz CT molecular complexity index is 1010. The maximum absolute atomic E-state index is 13.4. The second kappa shape index (κ2) is 6.43. The topological polar surface area (TPSA) is 87.0 Å². The van der Waals surface area contributed by atoms with E-state index in [0.717, 1.165) is 23.4 Å². The number of benzene rings is 2. The van der Waals surface area contributed by atoms with Crippen LogP contribution < -0.4 is 4.90 Å². The maximum Gasteiger partial charge on any atom is 0.269 e. The van der Waals surface area contributed by atoms with Gasteiger partial charge >= 0.3 is 0 Å². The Labute approximate surface area is 165 Å². The largest absolute Gasteiger partial charge is 0.274 e. The molecule has 0 saturated carbocycles. The Morgan fingerprint density at radius 1 is 0.897 bits per heavy atom. The third-order valence-electron chi connectivity index (χ3n) is 5.94. The van der Waals surface area contributed by atoms with Crippen molar-refractivity contribution in [1.82, 2.24) is 10.0 Å². The molecule has 3 fully saturated rings. The van der Waals surface area contributed by atoms with Crippen LogP contribution >= 0.6 is 0 Å². The SMILES string of the molecule is O=C1[C@@H]2[C@@H](C(=O)N1c1ccc([N+](=O)[O-])cc1)N1CCCN1[C@@H]2c1ccc(F)cc1. The first-order valence-electron chi connectivity index (χ1n) is 9.38. The average Bonchev–Trinajstić information content (AvgIpc) is 3.35. The molecule has 0 unspecified atom stereocenters. The number of amides is 2. The predicted octanol–water partition coefficient (Wildman–Crippen LogP) is 2.27. The van der Waals surface area contributed by atoms with Crippen molar-refractivity contribution in [2.24, 2.45) is 5.92 Å². The Kier molecular flexibility index (Phi) is 3.97. The summed E-state index contributed by atoms with van der Waals surface area (Å²) in [5.41, 5.74) is 1.00. The van der Waals surface area contributed by atoms with Crippen LogP contribution in [-0.2, 0) is 9.59 Å². The summed E-state index contributed by atoms with van der Waals surface area (Å²) in [7, 11) is 0. The molecule has 0 N–H and O–H groups in total. The third-order valence-corrected chi connectivity index (χ3v) is 5.94. The van der Waals surface area contributed by atoms with E-state index in [9.17, 15) is 24.1 Å². The van der Waals surface area contributed by atoms with E-state index >= 15 is 0 Å². The quantitative estimate of drug-likeness (QED) is 0.449. The number of hydrogen-bond acceptors (Lipinski definition) is 6. The first-order valence-corrected chi connectivity index (χ1v) is 9.38. The molecular weight excluding hydrogens is 379 g/mol. The monoisotopic (exact) mass is 396 g/mol. The molecule has 0 radical (unpaired) electrons. The van der Waals surface area contributed by atoms with Gasteiger partial charge in [0.2, 0.25) is 5.91 Å². The summed E-state index contributed by atoms with van der Waals surface area (Å²) in [6, 6.07) is 10.5. The minimum atomic E-state index is -0.616. The molecule has 8 nitrogen and oxygen atoms in total. The van der Waals surface area contributed by atoms with E-state index in [1.165, 1.54) is 36.4 Å². The maximum atomic E-state index is 13.4. The lowest BCUT2D eigenvalue weighted by Crippen LogP contribution is -2.44. The Morgan fingerprint density at radius 2 is 1.52 bits per heavy atom. The highest BCUT2D eigenvalue weighted by molar-refractivity contribution is 6.24. The molecule has 2 aromatic rings. The standard InChI is InChI=1S/C20H17FN4O4/c21-13-4-2-12(3-5-13)17-16-18(23-11-1-10-22(17)23)20(27)24(19(16)26)14-6-8-15(9-7-14)25(28)29/h2-9,16-18H,1,10-11H2/t16-,17+,18-/m0/s1. The summed E-state index contributed by atoms with van der Waals surface area (Å²) in [5, 5.41) is 14.9. The molecule has 0 bridgehead atoms. The van der Waals surface area contributed by atoms with E-state index < -0.39 is 16.9 Å². The smallest absolute Gasteiger partial charge is 0.269 e. The molecule has 3 saturated heterocycles. The van der Waals surface area contributed by atoms with Gasteiger partial charge in [-0.05, 0) is 36.2 Å². The van der Waals surface area contributed by atoms with Crippen LogP contribution in [0.5, 0.6) is 0 Å². The molecule has 3 heterocycles. The van der Waals surface area contributed by atoms with Crippen LogP contribution in [0.2, 0.25) is 0 Å². The van der Waals surface area contributed by atoms with Crippen LogP contribution in [0.25, 0.3) is 0 Å². The van der Waals surface area contributed by atoms with E-state index in [4.69, 9.17) is 0 Å². The van der Waals surface area contributed by atoms with Crippen molar-refractivity contribution in [2.75, 3.05) is 18.0 Å². The number of carbonyl (C=O) groups is 2. The number of rotatable bonds is 3. The number of nitro benzene ring substituents is 1. The van der Waals surface area contributed by atoms with E-state index in [2.05, 4.69) is 0 Å². The predicted molar refractivity (Wildman–Crippen MR) is 100 cm³/mol. The molecule has 0 spiro atoms. The molecule has 9 heteroatoms. The van der Waals surface area contributed by atoms with E-state index in [1.54, 1.807) is 12.1 Å². The van der Waals surface area contributed by atoms with Crippen LogP contribution in [0.15, 0.2) is 48.5 Å². The second-order valence-corrected chi connectivity index (χ2v) is 7.43. The van der Waals surface area contributed by atoms with Gasteiger partial charge in [-0.2, -0.15) is 0 Å². The van der Waals surface area contributed by atoms with Crippen LogP contribution in [-0.4, -0.2) is 45.9 Å². The molecule has 0 aliphatic carbocycles. The second-order valence-electron chi connectivity index (χ2n) is 7.43. The van der Waals surface area contributed by atoms with Gasteiger partial charge in [0, 0.05) is 25.2 Å². The summed E-state index contributed by atoms with van der Waals surface area (Å²) in [6.45, 7) is 1.40. The van der Waals surface area contributed by atoms with Crippen LogP contribution in [0, 0.1) is 21.8 Å². The molecule has 2 aromatic carbocycles. The molecule has 148 valence electrons. The van der Waals surface area contributed by atoms with Crippen molar-refractivity contribution in [3.63, 3.8) is 0 Å². The lowest BCUT2D eigenvalue weighted by molar-refractivity contribution is -0.384. The fraction of sp³-hybridized carbons (Fsp3) is 0.300. The summed E-state index contributed by atoms with van der Waals surface area (Å²) in [4.78, 5) is 38.1. The average molecular weight is 396 g/mol. The molecule has 2 amide bonds. The van der Waals surface area contributed by atoms with Crippen molar-refractivity contribution in [1.29, 1.82) is 0 Å². The molecule has 3 aliphatic heterocycles. The fourth-order valence-electron chi connectivity index (χ4n) is 4.75. The highest BCUT2D eigenvalue weighted by atomic mass is 19.1. The lowest BCUT2D eigenvalue weighted by Gasteiger charge is -2.29. The van der Waals surface area contributed by atoms with E-state index in [-0.39, 0.29) is 29.4 Å². The zero-order chi connectivity index (χ0) is 20.3. The molecular formula is C20H17FN4O4. The number of hydrogen-bond donors (Lipinski definition) is 0. The van der Waals surface area contributed by atoms with Crippen molar-refractivity contribution in [3.8, 4) is 0 Å². The Morgan fingerprint density at radius 3 is 2.14 bits per heavy atom. The van der Waals surface area contributed by atoms with Crippen LogP contribution in [0.4, 0.5) is 15.8 Å². The summed E-state index contributed by atoms with van der Waals surface area (Å²) < 4.78 is 13.4. The van der Waals surface area contributed by atoms with E-state index in [0.29, 0.717) is 12.2 Å². The van der Waals surface area contributed by atoms with Gasteiger partial charge in [-0.15, -0.1) is 0 Å². The van der Waals surface area contributed by atoms with Gasteiger partial charge < -0.3 is 0 Å². The first kappa shape index (κ1) is 17.9. The number of hydrazine groups is 1. The summed E-state index contributed by atoms with van der Waals surface area (Å²) in [5.74, 6) is -1.63. The highest BCUT2D eigenvalue weighted by Gasteiger charge is 2.62. The van der Waals surface area contributed by atoms with Crippen molar-refractivity contribution in [3.05, 3.63) is 70.0 Å². The third kappa shape index (κ3) is 2.58. The molecule has 29 heavy (non-hydrogen) atoms. The van der Waals surface area contributed by atoms with Gasteiger partial charge in [-0.25, -0.2) is 19.3 Å². The lowest BCUT2D eigenvalue weighted by atomic mass is 9.90. The van der Waals surface area contributed by atoms with Gasteiger partial charge in [0.25, 0.3) is 11.6 Å². The first-order chi connectivity index (χ1) is 14.0. The summed E-state index contributed by atoms with van der Waals surface area (Å²) in [6.07, 6.45) is 0.875. The Balaban J connectivity index is 1.54. The number of nitrogens with zero attached hydrogens (tertiary/aromatic N) is 4. The van der Waals surface area contributed by atoms with Gasteiger partial charge in [0.05, 0.1) is 22.6 Å². The minimum absolute atomic E-state index is 0.108. The minimum Gasteiger partial charge on any atom is -0.274 e. The highest BCUT2D eigenvalue weighted by Crippen LogP contribution is 2.48. The number of imide groups is 1. The zero-order valence-corrected chi connectivity index (χ0v) is 15.3. The number of fused-ring (bicyclic) bond motifs is 3. The fourth-order valence-corrected chi connectivity index (χ4v) is 4.75. The molecule has 3 atom stereocenters. The number of anilines is 1. The van der Waals surface area contributed by atoms with Gasteiger partial charge in [0.1, 0.15) is 11.9 Å². The van der Waals surface area contributed by atoms with Gasteiger partial charge in [-0.1, -0.05) is 12.1 Å². The van der Waals surface area contributed by atoms with Crippen molar-refractivity contribution < 1.29 is 18.9 Å². The van der Waals surface area contributed by atoms with Crippen LogP contribution in [0.3, 0.4) is 0 Å². The van der Waals surface area contributed by atoms with Crippen molar-refractivity contribution >= 4 is 23.2 Å². The van der Waals surface area contributed by atoms with Crippen LogP contribution in [0.1, 0.15) is 18.0 Å². The molecule has 5 rings (SSSR count).